The number of anilines is 1. The predicted molar refractivity (Wildman–Crippen MR) is 104 cm³/mol. The molecule has 0 saturated heterocycles. The highest BCUT2D eigenvalue weighted by Gasteiger charge is 2.16. The number of aromatic hydroxyl groups is 1. The maximum absolute atomic E-state index is 11.7. The van der Waals surface area contributed by atoms with Gasteiger partial charge < -0.3 is 10.0 Å². The first-order valence-corrected chi connectivity index (χ1v) is 9.17. The van der Waals surface area contributed by atoms with Crippen LogP contribution in [0.2, 0.25) is 0 Å². The van der Waals surface area contributed by atoms with Crippen molar-refractivity contribution in [1.29, 1.82) is 0 Å². The Morgan fingerprint density at radius 2 is 1.74 bits per heavy atom. The fraction of sp³-hybridized carbons (Fsp3) is 0.105. The van der Waals surface area contributed by atoms with Crippen LogP contribution in [-0.2, 0) is 19.4 Å². The zero-order valence-corrected chi connectivity index (χ0v) is 15.6. The van der Waals surface area contributed by atoms with E-state index < -0.39 is 10.4 Å². The van der Waals surface area contributed by atoms with E-state index in [2.05, 4.69) is 4.18 Å². The van der Waals surface area contributed by atoms with E-state index in [4.69, 9.17) is 4.55 Å². The molecule has 2 N–H and O–H groups in total. The summed E-state index contributed by atoms with van der Waals surface area (Å²) in [6.45, 7) is 0. The molecule has 7 nitrogen and oxygen atoms in total. The van der Waals surface area contributed by atoms with Gasteiger partial charge in [-0.3, -0.25) is 13.5 Å². The minimum absolute atomic E-state index is 0.0000365. The van der Waals surface area contributed by atoms with Crippen LogP contribution in [0.1, 0.15) is 5.56 Å². The Hall–Kier alpha value is -2.94. The SMILES string of the molecule is CN1/C(=C/C=C2\C=CC=CC2=O)C=Cc2cccc(O)c21.COS(=O)(=O)O. The van der Waals surface area contributed by atoms with E-state index in [1.165, 1.54) is 0 Å². The normalized spacial score (nSPS) is 18.5. The Morgan fingerprint density at radius 1 is 1.07 bits per heavy atom. The molecule has 8 heteroatoms. The smallest absolute Gasteiger partial charge is 0.397 e. The first kappa shape index (κ1) is 20.4. The molecule has 0 saturated carbocycles. The summed E-state index contributed by atoms with van der Waals surface area (Å²) in [6, 6.07) is 5.44. The number of carbonyl (C=O) groups excluding carboxylic acids is 1. The first-order chi connectivity index (χ1) is 12.7. The summed E-state index contributed by atoms with van der Waals surface area (Å²) in [5.74, 6) is 0.245. The highest BCUT2D eigenvalue weighted by molar-refractivity contribution is 7.80. The number of fused-ring (bicyclic) bond motifs is 1. The highest BCUT2D eigenvalue weighted by atomic mass is 32.3. The fourth-order valence-corrected chi connectivity index (χ4v) is 2.43. The number of para-hydroxylation sites is 1. The molecule has 1 aliphatic heterocycles. The summed E-state index contributed by atoms with van der Waals surface area (Å²) in [4.78, 5) is 13.6. The minimum atomic E-state index is -4.16. The van der Waals surface area contributed by atoms with Crippen LogP contribution in [0, 0.1) is 0 Å². The van der Waals surface area contributed by atoms with Crippen LogP contribution >= 0.6 is 0 Å². The van der Waals surface area contributed by atoms with Gasteiger partial charge in [0.25, 0.3) is 0 Å². The molecule has 1 aromatic rings. The molecule has 0 aromatic heterocycles. The third-order valence-corrected chi connectivity index (χ3v) is 4.19. The average molecular weight is 389 g/mol. The lowest BCUT2D eigenvalue weighted by Crippen LogP contribution is -2.18. The van der Waals surface area contributed by atoms with Gasteiger partial charge in [-0.2, -0.15) is 8.42 Å². The van der Waals surface area contributed by atoms with E-state index in [0.29, 0.717) is 5.57 Å². The minimum Gasteiger partial charge on any atom is -0.506 e. The second kappa shape index (κ2) is 8.63. The molecule has 3 rings (SSSR count). The van der Waals surface area contributed by atoms with Gasteiger partial charge in [-0.1, -0.05) is 36.4 Å². The largest absolute Gasteiger partial charge is 0.506 e. The molecule has 0 radical (unpaired) electrons. The Kier molecular flexibility index (Phi) is 6.51. The predicted octanol–water partition coefficient (Wildman–Crippen LogP) is 2.80. The molecule has 0 fully saturated rings. The fourth-order valence-electron chi connectivity index (χ4n) is 2.43. The number of phenolic OH excluding ortho intramolecular Hbond substituents is 1. The highest BCUT2D eigenvalue weighted by Crippen LogP contribution is 2.36. The Morgan fingerprint density at radius 3 is 2.37 bits per heavy atom. The summed E-state index contributed by atoms with van der Waals surface area (Å²) in [5, 5.41) is 10.0. The molecule has 0 spiro atoms. The summed E-state index contributed by atoms with van der Waals surface area (Å²) in [7, 11) is -1.40. The van der Waals surface area contributed by atoms with Gasteiger partial charge in [0.2, 0.25) is 0 Å². The maximum Gasteiger partial charge on any atom is 0.397 e. The zero-order chi connectivity index (χ0) is 20.0. The van der Waals surface area contributed by atoms with Crippen molar-refractivity contribution in [2.24, 2.45) is 0 Å². The van der Waals surface area contributed by atoms with Crippen molar-refractivity contribution in [1.82, 2.24) is 0 Å². The van der Waals surface area contributed by atoms with Crippen molar-refractivity contribution in [2.75, 3.05) is 19.1 Å². The van der Waals surface area contributed by atoms with Gasteiger partial charge in [0.1, 0.15) is 5.75 Å². The van der Waals surface area contributed by atoms with Gasteiger partial charge in [-0.15, -0.1) is 0 Å². The molecule has 0 unspecified atom stereocenters. The molecule has 1 heterocycles. The van der Waals surface area contributed by atoms with Crippen LogP contribution in [0.15, 0.2) is 72.0 Å². The van der Waals surface area contributed by atoms with Crippen molar-refractivity contribution in [3.8, 4) is 5.75 Å². The van der Waals surface area contributed by atoms with Crippen molar-refractivity contribution in [3.63, 3.8) is 0 Å². The van der Waals surface area contributed by atoms with Crippen molar-refractivity contribution in [3.05, 3.63) is 77.6 Å². The lowest BCUT2D eigenvalue weighted by atomic mass is 10.0. The zero-order valence-electron chi connectivity index (χ0n) is 14.7. The summed E-state index contributed by atoms with van der Waals surface area (Å²) >= 11 is 0. The first-order valence-electron chi connectivity index (χ1n) is 7.81. The number of allylic oxidation sites excluding steroid dienone is 8. The molecule has 1 aromatic carbocycles. The second-order valence-corrected chi connectivity index (χ2v) is 6.69. The number of ketones is 1. The van der Waals surface area contributed by atoms with Crippen LogP contribution < -0.4 is 4.90 Å². The van der Waals surface area contributed by atoms with Gasteiger partial charge in [0, 0.05) is 23.9 Å². The van der Waals surface area contributed by atoms with Crippen LogP contribution in [0.3, 0.4) is 0 Å². The number of phenols is 1. The number of carbonyl (C=O) groups is 1. The molecule has 142 valence electrons. The van der Waals surface area contributed by atoms with Crippen molar-refractivity contribution < 1.29 is 27.1 Å². The number of likely N-dealkylation sites (N-methyl/N-ethyl adjacent to an activating group) is 1. The van der Waals surface area contributed by atoms with Gasteiger partial charge in [-0.05, 0) is 30.4 Å². The van der Waals surface area contributed by atoms with Gasteiger partial charge in [0.15, 0.2) is 5.78 Å². The van der Waals surface area contributed by atoms with Gasteiger partial charge >= 0.3 is 10.4 Å². The number of hydrogen-bond acceptors (Lipinski definition) is 6. The Balaban J connectivity index is 0.000000380. The van der Waals surface area contributed by atoms with Crippen LogP contribution in [0.25, 0.3) is 6.08 Å². The van der Waals surface area contributed by atoms with Gasteiger partial charge in [-0.25, -0.2) is 0 Å². The lowest BCUT2D eigenvalue weighted by Gasteiger charge is -2.26. The van der Waals surface area contributed by atoms with Crippen molar-refractivity contribution >= 4 is 27.9 Å². The summed E-state index contributed by atoms with van der Waals surface area (Å²) in [5.41, 5.74) is 3.30. The van der Waals surface area contributed by atoms with E-state index in [1.54, 1.807) is 30.4 Å². The monoisotopic (exact) mass is 389 g/mol. The third kappa shape index (κ3) is 5.52. The molecular formula is C19H19NO6S. The quantitative estimate of drug-likeness (QED) is 0.592. The number of hydrogen-bond donors (Lipinski definition) is 2. The molecule has 2 aliphatic rings. The second-order valence-electron chi connectivity index (χ2n) is 5.50. The van der Waals surface area contributed by atoms with E-state index >= 15 is 0 Å². The summed E-state index contributed by atoms with van der Waals surface area (Å²) < 4.78 is 29.7. The standard InChI is InChI=1S/C18H15NO2.CH4O4S/c1-19-15(11-9-13-5-2-3-7-16(13)20)12-10-14-6-4-8-17(21)18(14)19;1-5-6(2,3)4/h2-12,21H,1H3;1H3,(H,2,3,4)/b13-9+,15-11+;. The molecule has 0 amide bonds. The van der Waals surface area contributed by atoms with Crippen LogP contribution in [-0.4, -0.2) is 38.0 Å². The molecule has 0 bridgehead atoms. The maximum atomic E-state index is 11.7. The summed E-state index contributed by atoms with van der Waals surface area (Å²) in [6.07, 6.45) is 14.5. The molecular weight excluding hydrogens is 370 g/mol. The molecule has 0 atom stereocenters. The average Bonchev–Trinajstić information content (AvgIpc) is 2.62. The lowest BCUT2D eigenvalue weighted by molar-refractivity contribution is -0.111. The van der Waals surface area contributed by atoms with E-state index in [1.807, 2.05) is 48.4 Å². The van der Waals surface area contributed by atoms with Crippen molar-refractivity contribution in [2.45, 2.75) is 0 Å². The Labute approximate surface area is 157 Å². The number of benzene rings is 1. The molecule has 27 heavy (non-hydrogen) atoms. The van der Waals surface area contributed by atoms with Crippen LogP contribution in [0.5, 0.6) is 5.75 Å². The Bertz CT molecular complexity index is 983. The third-order valence-electron chi connectivity index (χ3n) is 3.77. The molecule has 1 aliphatic carbocycles. The van der Waals surface area contributed by atoms with Crippen LogP contribution in [0.4, 0.5) is 5.69 Å². The van der Waals surface area contributed by atoms with Gasteiger partial charge in [0.05, 0.1) is 12.8 Å². The van der Waals surface area contributed by atoms with E-state index in [0.717, 1.165) is 24.1 Å². The van der Waals surface area contributed by atoms with E-state index in [-0.39, 0.29) is 11.5 Å². The number of nitrogens with zero attached hydrogens (tertiary/aromatic N) is 1. The topological polar surface area (TPSA) is 104 Å². The van der Waals surface area contributed by atoms with E-state index in [9.17, 15) is 18.3 Å². The number of rotatable bonds is 2.